The standard InChI is InChI=1S/C9H9N3O/c1-6-9(7(2)13-12-6)8-5-10-3-4-11-8/h3-5H,1-2H3. The normalized spacial score (nSPS) is 10.3. The van der Waals surface area contributed by atoms with Crippen molar-refractivity contribution < 1.29 is 4.52 Å². The van der Waals surface area contributed by atoms with Crippen LogP contribution < -0.4 is 0 Å². The lowest BCUT2D eigenvalue weighted by Crippen LogP contribution is -1.86. The Morgan fingerprint density at radius 1 is 1.23 bits per heavy atom. The molecule has 66 valence electrons. The van der Waals surface area contributed by atoms with E-state index in [2.05, 4.69) is 15.1 Å². The number of nitrogens with zero attached hydrogens (tertiary/aromatic N) is 3. The van der Waals surface area contributed by atoms with Crippen LogP contribution in [0.3, 0.4) is 0 Å². The van der Waals surface area contributed by atoms with Crippen LogP contribution in [0.5, 0.6) is 0 Å². The van der Waals surface area contributed by atoms with E-state index in [4.69, 9.17) is 4.52 Å². The van der Waals surface area contributed by atoms with Gasteiger partial charge >= 0.3 is 0 Å². The van der Waals surface area contributed by atoms with E-state index < -0.39 is 0 Å². The van der Waals surface area contributed by atoms with Crippen LogP contribution in [0.15, 0.2) is 23.1 Å². The van der Waals surface area contributed by atoms with Crippen molar-refractivity contribution in [3.05, 3.63) is 30.0 Å². The van der Waals surface area contributed by atoms with Crippen LogP contribution in [0, 0.1) is 13.8 Å². The van der Waals surface area contributed by atoms with Crippen LogP contribution in [0.4, 0.5) is 0 Å². The number of aryl methyl sites for hydroxylation is 2. The van der Waals surface area contributed by atoms with Crippen molar-refractivity contribution in [1.82, 2.24) is 15.1 Å². The minimum Gasteiger partial charge on any atom is -0.361 e. The third-order valence-electron chi connectivity index (χ3n) is 1.85. The molecule has 0 aliphatic heterocycles. The zero-order valence-electron chi connectivity index (χ0n) is 7.48. The van der Waals surface area contributed by atoms with E-state index in [1.165, 1.54) is 0 Å². The SMILES string of the molecule is Cc1noc(C)c1-c1cnccn1. The monoisotopic (exact) mass is 175 g/mol. The molecule has 0 unspecified atom stereocenters. The van der Waals surface area contributed by atoms with Crippen molar-refractivity contribution in [3.63, 3.8) is 0 Å². The lowest BCUT2D eigenvalue weighted by molar-refractivity contribution is 0.393. The third kappa shape index (κ3) is 1.30. The van der Waals surface area contributed by atoms with E-state index >= 15 is 0 Å². The molecule has 13 heavy (non-hydrogen) atoms. The fraction of sp³-hybridized carbons (Fsp3) is 0.222. The van der Waals surface area contributed by atoms with Crippen LogP contribution in [-0.2, 0) is 0 Å². The van der Waals surface area contributed by atoms with E-state index in [0.29, 0.717) is 0 Å². The Labute approximate surface area is 75.6 Å². The highest BCUT2D eigenvalue weighted by molar-refractivity contribution is 5.62. The molecule has 4 heteroatoms. The summed E-state index contributed by atoms with van der Waals surface area (Å²) in [4.78, 5) is 8.17. The quantitative estimate of drug-likeness (QED) is 0.662. The average Bonchev–Trinajstić information content (AvgIpc) is 2.48. The largest absolute Gasteiger partial charge is 0.361 e. The zero-order chi connectivity index (χ0) is 9.26. The van der Waals surface area contributed by atoms with Crippen LogP contribution in [-0.4, -0.2) is 15.1 Å². The zero-order valence-corrected chi connectivity index (χ0v) is 7.48. The first-order chi connectivity index (χ1) is 6.29. The van der Waals surface area contributed by atoms with Crippen LogP contribution in [0.25, 0.3) is 11.3 Å². The lowest BCUT2D eigenvalue weighted by atomic mass is 10.1. The first-order valence-electron chi connectivity index (χ1n) is 3.98. The van der Waals surface area contributed by atoms with E-state index in [9.17, 15) is 0 Å². The van der Waals surface area contributed by atoms with Gasteiger partial charge in [-0.25, -0.2) is 0 Å². The maximum absolute atomic E-state index is 5.03. The molecular weight excluding hydrogens is 166 g/mol. The summed E-state index contributed by atoms with van der Waals surface area (Å²) >= 11 is 0. The molecule has 0 atom stereocenters. The molecule has 0 saturated heterocycles. The molecule has 2 rings (SSSR count). The molecule has 0 N–H and O–H groups in total. The first kappa shape index (κ1) is 7.91. The second-order valence-electron chi connectivity index (χ2n) is 2.79. The van der Waals surface area contributed by atoms with Crippen molar-refractivity contribution >= 4 is 0 Å². The van der Waals surface area contributed by atoms with E-state index in [1.807, 2.05) is 13.8 Å². The second kappa shape index (κ2) is 2.97. The summed E-state index contributed by atoms with van der Waals surface area (Å²) in [6.07, 6.45) is 5.00. The van der Waals surface area contributed by atoms with Crippen LogP contribution in [0.1, 0.15) is 11.5 Å². The van der Waals surface area contributed by atoms with Gasteiger partial charge < -0.3 is 4.52 Å². The third-order valence-corrected chi connectivity index (χ3v) is 1.85. The molecule has 4 nitrogen and oxygen atoms in total. The van der Waals surface area contributed by atoms with Crippen LogP contribution in [0.2, 0.25) is 0 Å². The van der Waals surface area contributed by atoms with Gasteiger partial charge in [0.2, 0.25) is 0 Å². The van der Waals surface area contributed by atoms with Gasteiger partial charge in [0.25, 0.3) is 0 Å². The second-order valence-corrected chi connectivity index (χ2v) is 2.79. The highest BCUT2D eigenvalue weighted by atomic mass is 16.5. The molecule has 0 fully saturated rings. The number of hydrogen-bond donors (Lipinski definition) is 0. The summed E-state index contributed by atoms with van der Waals surface area (Å²) in [7, 11) is 0. The molecule has 0 spiro atoms. The van der Waals surface area contributed by atoms with Crippen molar-refractivity contribution in [2.45, 2.75) is 13.8 Å². The number of aromatic nitrogens is 3. The smallest absolute Gasteiger partial charge is 0.143 e. The maximum Gasteiger partial charge on any atom is 0.143 e. The molecule has 0 aliphatic rings. The Bertz CT molecular complexity index is 389. The van der Waals surface area contributed by atoms with Gasteiger partial charge in [-0.05, 0) is 13.8 Å². The molecule has 0 bridgehead atoms. The summed E-state index contributed by atoms with van der Waals surface area (Å²) in [5, 5.41) is 3.85. The van der Waals surface area contributed by atoms with Gasteiger partial charge in [0.1, 0.15) is 5.76 Å². The first-order valence-corrected chi connectivity index (χ1v) is 3.98. The minimum absolute atomic E-state index is 0.776. The van der Waals surface area contributed by atoms with Crippen LogP contribution >= 0.6 is 0 Å². The summed E-state index contributed by atoms with van der Waals surface area (Å²) in [6, 6.07) is 0. The topological polar surface area (TPSA) is 51.8 Å². The Balaban J connectivity index is 2.59. The fourth-order valence-electron chi connectivity index (χ4n) is 1.28. The molecule has 2 heterocycles. The molecule has 0 saturated carbocycles. The Hall–Kier alpha value is -1.71. The van der Waals surface area contributed by atoms with Crippen molar-refractivity contribution in [2.75, 3.05) is 0 Å². The molecule has 0 aromatic carbocycles. The number of hydrogen-bond acceptors (Lipinski definition) is 4. The summed E-state index contributed by atoms with van der Waals surface area (Å²) in [5.41, 5.74) is 2.59. The van der Waals surface area contributed by atoms with E-state index in [1.54, 1.807) is 18.6 Å². The fourth-order valence-corrected chi connectivity index (χ4v) is 1.28. The van der Waals surface area contributed by atoms with Crippen molar-refractivity contribution in [2.24, 2.45) is 0 Å². The predicted molar refractivity (Wildman–Crippen MR) is 47.0 cm³/mol. The molecule has 0 aliphatic carbocycles. The molecule has 0 radical (unpaired) electrons. The van der Waals surface area contributed by atoms with Gasteiger partial charge in [-0.15, -0.1) is 0 Å². The van der Waals surface area contributed by atoms with Gasteiger partial charge in [-0.1, -0.05) is 5.16 Å². The van der Waals surface area contributed by atoms with Gasteiger partial charge in [0.15, 0.2) is 0 Å². The van der Waals surface area contributed by atoms with Gasteiger partial charge in [-0.3, -0.25) is 9.97 Å². The number of rotatable bonds is 1. The molecule has 0 amide bonds. The van der Waals surface area contributed by atoms with E-state index in [-0.39, 0.29) is 0 Å². The molecular formula is C9H9N3O. The Morgan fingerprint density at radius 3 is 2.62 bits per heavy atom. The van der Waals surface area contributed by atoms with Gasteiger partial charge in [-0.2, -0.15) is 0 Å². The Kier molecular flexibility index (Phi) is 1.81. The Morgan fingerprint density at radius 2 is 2.08 bits per heavy atom. The summed E-state index contributed by atoms with van der Waals surface area (Å²) < 4.78 is 5.03. The molecule has 2 aromatic rings. The summed E-state index contributed by atoms with van der Waals surface area (Å²) in [6.45, 7) is 3.75. The maximum atomic E-state index is 5.03. The highest BCUT2D eigenvalue weighted by Gasteiger charge is 2.11. The molecule has 2 aromatic heterocycles. The predicted octanol–water partition coefficient (Wildman–Crippen LogP) is 1.75. The highest BCUT2D eigenvalue weighted by Crippen LogP contribution is 2.23. The van der Waals surface area contributed by atoms with Crippen molar-refractivity contribution in [3.8, 4) is 11.3 Å². The summed E-state index contributed by atoms with van der Waals surface area (Å²) in [5.74, 6) is 0.776. The van der Waals surface area contributed by atoms with E-state index in [0.717, 1.165) is 22.7 Å². The average molecular weight is 175 g/mol. The minimum atomic E-state index is 0.776. The van der Waals surface area contributed by atoms with Gasteiger partial charge in [0.05, 0.1) is 23.1 Å². The lowest BCUT2D eigenvalue weighted by Gasteiger charge is -1.95. The van der Waals surface area contributed by atoms with Crippen molar-refractivity contribution in [1.29, 1.82) is 0 Å². The van der Waals surface area contributed by atoms with Gasteiger partial charge in [0, 0.05) is 12.4 Å².